The Morgan fingerprint density at radius 3 is 2.54 bits per heavy atom. The van der Waals surface area contributed by atoms with E-state index < -0.39 is 18.0 Å². The number of hydrogen-bond acceptors (Lipinski definition) is 1. The van der Waals surface area contributed by atoms with Gasteiger partial charge in [0, 0.05) is 5.56 Å². The second-order valence-corrected chi connectivity index (χ2v) is 2.70. The smallest absolute Gasteiger partial charge is 0.336 e. The fraction of sp³-hybridized carbons (Fsp3) is 0.222. The number of carbonyl (C=O) groups is 1. The summed E-state index contributed by atoms with van der Waals surface area (Å²) in [5.74, 6) is -1.32. The zero-order valence-corrected chi connectivity index (χ0v) is 6.92. The minimum absolute atomic E-state index is 0.333. The first-order valence-corrected chi connectivity index (χ1v) is 3.64. The fourth-order valence-corrected chi connectivity index (χ4v) is 1.06. The zero-order valence-electron chi connectivity index (χ0n) is 6.92. The Morgan fingerprint density at radius 1 is 1.46 bits per heavy atom. The molecule has 0 aliphatic heterocycles. The lowest BCUT2D eigenvalue weighted by Gasteiger charge is -2.05. The predicted octanol–water partition coefficient (Wildman–Crippen LogP) is 2.63. The van der Waals surface area contributed by atoms with Crippen molar-refractivity contribution in [3.8, 4) is 0 Å². The van der Waals surface area contributed by atoms with Crippen molar-refractivity contribution in [3.63, 3.8) is 0 Å². The molecule has 0 bridgehead atoms. The van der Waals surface area contributed by atoms with Crippen LogP contribution in [0, 0.1) is 6.92 Å². The maximum absolute atomic E-state index is 12.3. The van der Waals surface area contributed by atoms with E-state index in [0.717, 1.165) is 0 Å². The van der Waals surface area contributed by atoms with Gasteiger partial charge in [-0.1, -0.05) is 11.6 Å². The normalized spacial score (nSPS) is 10.5. The van der Waals surface area contributed by atoms with Crippen LogP contribution in [0.15, 0.2) is 18.2 Å². The van der Waals surface area contributed by atoms with Crippen molar-refractivity contribution in [2.75, 3.05) is 0 Å². The van der Waals surface area contributed by atoms with Crippen LogP contribution in [0.3, 0.4) is 0 Å². The van der Waals surface area contributed by atoms with Crippen molar-refractivity contribution in [3.05, 3.63) is 34.9 Å². The number of alkyl halides is 2. The Morgan fingerprint density at radius 2 is 2.08 bits per heavy atom. The second-order valence-electron chi connectivity index (χ2n) is 2.70. The molecule has 0 unspecified atom stereocenters. The highest BCUT2D eigenvalue weighted by Gasteiger charge is 2.17. The lowest BCUT2D eigenvalue weighted by molar-refractivity contribution is 0.0684. The summed E-state index contributed by atoms with van der Waals surface area (Å²) < 4.78 is 24.6. The molecule has 0 aliphatic rings. The van der Waals surface area contributed by atoms with Crippen molar-refractivity contribution in [2.45, 2.75) is 13.3 Å². The molecule has 0 aliphatic carbocycles. The van der Waals surface area contributed by atoms with E-state index >= 15 is 0 Å². The van der Waals surface area contributed by atoms with E-state index in [1.807, 2.05) is 0 Å². The van der Waals surface area contributed by atoms with Crippen molar-refractivity contribution >= 4 is 5.97 Å². The van der Waals surface area contributed by atoms with Crippen LogP contribution in [0.2, 0.25) is 0 Å². The average Bonchev–Trinajstić information content (AvgIpc) is 2.03. The molecule has 0 spiro atoms. The molecular weight excluding hydrogens is 178 g/mol. The highest BCUT2D eigenvalue weighted by Crippen LogP contribution is 2.23. The first kappa shape index (κ1) is 9.64. The van der Waals surface area contributed by atoms with Crippen molar-refractivity contribution in [2.24, 2.45) is 0 Å². The Labute approximate surface area is 73.8 Å². The predicted molar refractivity (Wildman–Crippen MR) is 43.1 cm³/mol. The summed E-state index contributed by atoms with van der Waals surface area (Å²) in [5.41, 5.74) is -0.131. The Bertz CT molecular complexity index is 334. The Hall–Kier alpha value is -1.45. The van der Waals surface area contributed by atoms with Gasteiger partial charge >= 0.3 is 5.97 Å². The van der Waals surface area contributed by atoms with Crippen LogP contribution in [-0.2, 0) is 0 Å². The number of carboxylic acids is 1. The number of aryl methyl sites for hydroxylation is 1. The number of rotatable bonds is 2. The van der Waals surface area contributed by atoms with Gasteiger partial charge in [-0.15, -0.1) is 0 Å². The maximum atomic E-state index is 12.3. The van der Waals surface area contributed by atoms with Crippen molar-refractivity contribution in [1.82, 2.24) is 0 Å². The van der Waals surface area contributed by atoms with E-state index in [4.69, 9.17) is 5.11 Å². The summed E-state index contributed by atoms with van der Waals surface area (Å²) in [5, 5.41) is 8.57. The Kier molecular flexibility index (Phi) is 2.60. The lowest BCUT2D eigenvalue weighted by atomic mass is 10.1. The van der Waals surface area contributed by atoms with Crippen LogP contribution in [0.1, 0.15) is 27.9 Å². The van der Waals surface area contributed by atoms with E-state index in [-0.39, 0.29) is 5.56 Å². The van der Waals surface area contributed by atoms with Crippen LogP contribution >= 0.6 is 0 Å². The summed E-state index contributed by atoms with van der Waals surface area (Å²) in [4.78, 5) is 10.5. The summed E-state index contributed by atoms with van der Waals surface area (Å²) in [6, 6.07) is 3.88. The molecule has 0 saturated heterocycles. The minimum atomic E-state index is -2.74. The number of aromatic carboxylic acids is 1. The van der Waals surface area contributed by atoms with Crippen LogP contribution in [-0.4, -0.2) is 11.1 Å². The molecule has 1 aromatic carbocycles. The average molecular weight is 186 g/mol. The van der Waals surface area contributed by atoms with E-state index in [0.29, 0.717) is 5.56 Å². The second kappa shape index (κ2) is 3.51. The molecular formula is C9H8F2O2. The number of halogens is 2. The molecule has 0 saturated carbocycles. The van der Waals surface area contributed by atoms with Crippen LogP contribution < -0.4 is 0 Å². The van der Waals surface area contributed by atoms with Crippen molar-refractivity contribution < 1.29 is 18.7 Å². The first-order valence-electron chi connectivity index (χ1n) is 3.64. The number of hydrogen-bond donors (Lipinski definition) is 1. The van der Waals surface area contributed by atoms with Crippen molar-refractivity contribution in [1.29, 1.82) is 0 Å². The fourth-order valence-electron chi connectivity index (χ4n) is 1.06. The molecule has 0 radical (unpaired) electrons. The molecule has 0 heterocycles. The SMILES string of the molecule is Cc1ccc(C(=O)O)c(C(F)F)c1. The van der Waals surface area contributed by atoms with E-state index in [9.17, 15) is 13.6 Å². The zero-order chi connectivity index (χ0) is 10.0. The summed E-state index contributed by atoms with van der Waals surface area (Å²) in [7, 11) is 0. The van der Waals surface area contributed by atoms with Gasteiger partial charge in [0.2, 0.25) is 0 Å². The van der Waals surface area contributed by atoms with Crippen LogP contribution in [0.5, 0.6) is 0 Å². The summed E-state index contributed by atoms with van der Waals surface area (Å²) >= 11 is 0. The molecule has 0 aromatic heterocycles. The lowest BCUT2D eigenvalue weighted by Crippen LogP contribution is -2.02. The molecule has 13 heavy (non-hydrogen) atoms. The topological polar surface area (TPSA) is 37.3 Å². The van der Waals surface area contributed by atoms with Gasteiger partial charge in [-0.25, -0.2) is 13.6 Å². The van der Waals surface area contributed by atoms with Gasteiger partial charge in [0.15, 0.2) is 0 Å². The monoisotopic (exact) mass is 186 g/mol. The molecule has 1 rings (SSSR count). The van der Waals surface area contributed by atoms with Gasteiger partial charge in [0.05, 0.1) is 5.56 Å². The van der Waals surface area contributed by atoms with E-state index in [2.05, 4.69) is 0 Å². The standard InChI is InChI=1S/C9H8F2O2/c1-5-2-3-6(9(12)13)7(4-5)8(10)11/h2-4,8H,1H3,(H,12,13). The molecule has 0 fully saturated rings. The summed E-state index contributed by atoms with van der Waals surface area (Å²) in [6.45, 7) is 1.64. The van der Waals surface area contributed by atoms with Gasteiger partial charge in [0.1, 0.15) is 0 Å². The van der Waals surface area contributed by atoms with Gasteiger partial charge in [-0.3, -0.25) is 0 Å². The highest BCUT2D eigenvalue weighted by molar-refractivity contribution is 5.89. The third kappa shape index (κ3) is 2.02. The molecule has 1 N–H and O–H groups in total. The van der Waals surface area contributed by atoms with Gasteiger partial charge in [-0.2, -0.15) is 0 Å². The number of benzene rings is 1. The summed E-state index contributed by atoms with van der Waals surface area (Å²) in [6.07, 6.45) is -2.74. The van der Waals surface area contributed by atoms with E-state index in [1.54, 1.807) is 6.92 Å². The van der Waals surface area contributed by atoms with Crippen LogP contribution in [0.25, 0.3) is 0 Å². The van der Waals surface area contributed by atoms with Gasteiger partial charge < -0.3 is 5.11 Å². The first-order chi connectivity index (χ1) is 6.02. The molecule has 0 amide bonds. The highest BCUT2D eigenvalue weighted by atomic mass is 19.3. The minimum Gasteiger partial charge on any atom is -0.478 e. The Balaban J connectivity index is 3.26. The molecule has 2 nitrogen and oxygen atoms in total. The van der Waals surface area contributed by atoms with Gasteiger partial charge in [0.25, 0.3) is 6.43 Å². The van der Waals surface area contributed by atoms with Crippen LogP contribution in [0.4, 0.5) is 8.78 Å². The largest absolute Gasteiger partial charge is 0.478 e. The molecule has 1 aromatic rings. The molecule has 70 valence electrons. The third-order valence-corrected chi connectivity index (χ3v) is 1.67. The molecule has 0 atom stereocenters. The number of carboxylic acid groups (broad SMARTS) is 1. The molecule has 4 heteroatoms. The quantitative estimate of drug-likeness (QED) is 0.770. The van der Waals surface area contributed by atoms with E-state index in [1.165, 1.54) is 18.2 Å². The maximum Gasteiger partial charge on any atom is 0.336 e. The van der Waals surface area contributed by atoms with Gasteiger partial charge in [-0.05, 0) is 19.1 Å². The third-order valence-electron chi connectivity index (χ3n) is 1.67.